The topological polar surface area (TPSA) is 80.0 Å². The van der Waals surface area contributed by atoms with Crippen LogP contribution < -0.4 is 5.32 Å². The molecule has 0 radical (unpaired) electrons. The van der Waals surface area contributed by atoms with Crippen LogP contribution in [0.2, 0.25) is 5.02 Å². The van der Waals surface area contributed by atoms with E-state index in [2.05, 4.69) is 15.6 Å². The zero-order valence-electron chi connectivity index (χ0n) is 11.5. The quantitative estimate of drug-likeness (QED) is 0.896. The Morgan fingerprint density at radius 3 is 2.90 bits per heavy atom. The van der Waals surface area contributed by atoms with E-state index >= 15 is 0 Å². The molecule has 0 saturated carbocycles. The van der Waals surface area contributed by atoms with Gasteiger partial charge >= 0.3 is 0 Å². The molecule has 0 aliphatic heterocycles. The number of aliphatic hydroxyl groups is 1. The molecule has 0 spiro atoms. The maximum atomic E-state index is 13.2. The van der Waals surface area contributed by atoms with Gasteiger partial charge in [0.15, 0.2) is 5.69 Å². The first-order chi connectivity index (χ1) is 9.93. The average Bonchev–Trinajstić information content (AvgIpc) is 2.83. The van der Waals surface area contributed by atoms with Crippen LogP contribution in [0.25, 0.3) is 5.69 Å². The molecule has 0 saturated heterocycles. The lowest BCUT2D eigenvalue weighted by Crippen LogP contribution is -2.35. The van der Waals surface area contributed by atoms with E-state index in [1.54, 1.807) is 13.8 Å². The summed E-state index contributed by atoms with van der Waals surface area (Å²) in [7, 11) is 0. The Morgan fingerprint density at radius 1 is 1.57 bits per heavy atom. The first kappa shape index (κ1) is 15.4. The second-order valence-electron chi connectivity index (χ2n) is 4.59. The normalized spacial score (nSPS) is 12.2. The molecule has 1 amide bonds. The van der Waals surface area contributed by atoms with Crippen molar-refractivity contribution in [3.8, 4) is 5.69 Å². The fourth-order valence-corrected chi connectivity index (χ4v) is 1.91. The predicted molar refractivity (Wildman–Crippen MR) is 75.1 cm³/mol. The van der Waals surface area contributed by atoms with Crippen LogP contribution in [0.1, 0.15) is 23.1 Å². The minimum Gasteiger partial charge on any atom is -0.394 e. The molecule has 8 heteroatoms. The first-order valence-electron chi connectivity index (χ1n) is 6.23. The van der Waals surface area contributed by atoms with Gasteiger partial charge in [0.25, 0.3) is 5.91 Å². The monoisotopic (exact) mass is 312 g/mol. The van der Waals surface area contributed by atoms with Crippen LogP contribution in [0, 0.1) is 12.7 Å². The number of halogens is 2. The molecule has 2 rings (SSSR count). The van der Waals surface area contributed by atoms with Crippen molar-refractivity contribution in [3.05, 3.63) is 40.4 Å². The van der Waals surface area contributed by atoms with Gasteiger partial charge in [-0.1, -0.05) is 16.8 Å². The Labute approximate surface area is 125 Å². The summed E-state index contributed by atoms with van der Waals surface area (Å²) in [6.45, 7) is 3.15. The van der Waals surface area contributed by atoms with Gasteiger partial charge in [-0.25, -0.2) is 9.07 Å². The number of benzene rings is 1. The molecule has 0 bridgehead atoms. The van der Waals surface area contributed by atoms with Crippen LogP contribution in [-0.2, 0) is 0 Å². The fraction of sp³-hybridized carbons (Fsp3) is 0.308. The van der Waals surface area contributed by atoms with Crippen molar-refractivity contribution in [2.24, 2.45) is 0 Å². The van der Waals surface area contributed by atoms with Gasteiger partial charge in [-0.05, 0) is 32.0 Å². The summed E-state index contributed by atoms with van der Waals surface area (Å²) in [6, 6.07) is 3.71. The molecule has 0 fully saturated rings. The Bertz CT molecular complexity index is 674. The minimum atomic E-state index is -0.534. The number of hydrogen-bond acceptors (Lipinski definition) is 4. The number of rotatable bonds is 4. The van der Waals surface area contributed by atoms with E-state index < -0.39 is 11.7 Å². The van der Waals surface area contributed by atoms with Gasteiger partial charge in [-0.3, -0.25) is 4.79 Å². The van der Waals surface area contributed by atoms with Crippen LogP contribution in [0.4, 0.5) is 4.39 Å². The van der Waals surface area contributed by atoms with Crippen molar-refractivity contribution in [2.75, 3.05) is 6.61 Å². The molecular formula is C13H14ClFN4O2. The highest BCUT2D eigenvalue weighted by Crippen LogP contribution is 2.20. The molecule has 112 valence electrons. The van der Waals surface area contributed by atoms with E-state index in [0.717, 1.165) is 0 Å². The van der Waals surface area contributed by atoms with Crippen molar-refractivity contribution in [1.82, 2.24) is 20.3 Å². The maximum Gasteiger partial charge on any atom is 0.274 e. The predicted octanol–water partition coefficient (Wildman–Crippen LogP) is 1.48. The fourth-order valence-electron chi connectivity index (χ4n) is 1.74. The second kappa shape index (κ2) is 6.19. The molecule has 1 heterocycles. The number of nitrogens with zero attached hydrogens (tertiary/aromatic N) is 3. The van der Waals surface area contributed by atoms with Gasteiger partial charge in [-0.15, -0.1) is 5.10 Å². The van der Waals surface area contributed by atoms with E-state index in [1.165, 1.54) is 22.9 Å². The van der Waals surface area contributed by atoms with E-state index in [9.17, 15) is 9.18 Å². The molecule has 1 atom stereocenters. The van der Waals surface area contributed by atoms with Gasteiger partial charge in [0.1, 0.15) is 5.82 Å². The Hall–Kier alpha value is -1.99. The molecule has 0 aliphatic carbocycles. The van der Waals surface area contributed by atoms with Crippen LogP contribution in [0.3, 0.4) is 0 Å². The van der Waals surface area contributed by atoms with Crippen LogP contribution in [0.15, 0.2) is 18.2 Å². The molecule has 1 aromatic carbocycles. The van der Waals surface area contributed by atoms with Crippen molar-refractivity contribution < 1.29 is 14.3 Å². The minimum absolute atomic E-state index is 0.0395. The number of carbonyl (C=O) groups is 1. The largest absolute Gasteiger partial charge is 0.394 e. The summed E-state index contributed by atoms with van der Waals surface area (Å²) in [5.41, 5.74) is 1.12. The maximum absolute atomic E-state index is 13.2. The molecule has 21 heavy (non-hydrogen) atoms. The summed E-state index contributed by atoms with van der Waals surface area (Å²) >= 11 is 5.73. The summed E-state index contributed by atoms with van der Waals surface area (Å²) in [6.07, 6.45) is 0. The highest BCUT2D eigenvalue weighted by atomic mass is 35.5. The van der Waals surface area contributed by atoms with Crippen molar-refractivity contribution in [3.63, 3.8) is 0 Å². The number of aromatic nitrogens is 3. The summed E-state index contributed by atoms with van der Waals surface area (Å²) in [5.74, 6) is -0.971. The van der Waals surface area contributed by atoms with Crippen LogP contribution in [-0.4, -0.2) is 38.7 Å². The zero-order chi connectivity index (χ0) is 15.6. The summed E-state index contributed by atoms with van der Waals surface area (Å²) in [5, 5.41) is 19.2. The number of aliphatic hydroxyl groups excluding tert-OH is 1. The smallest absolute Gasteiger partial charge is 0.274 e. The highest BCUT2D eigenvalue weighted by Gasteiger charge is 2.19. The lowest BCUT2D eigenvalue weighted by Gasteiger charge is -2.09. The average molecular weight is 313 g/mol. The number of hydrogen-bond donors (Lipinski definition) is 2. The molecule has 2 N–H and O–H groups in total. The van der Waals surface area contributed by atoms with E-state index in [1.807, 2.05) is 0 Å². The Morgan fingerprint density at radius 2 is 2.29 bits per heavy atom. The lowest BCUT2D eigenvalue weighted by atomic mass is 10.2. The molecule has 1 aromatic heterocycles. The Balaban J connectivity index is 2.32. The summed E-state index contributed by atoms with van der Waals surface area (Å²) in [4.78, 5) is 12.0. The van der Waals surface area contributed by atoms with Crippen molar-refractivity contribution in [2.45, 2.75) is 19.9 Å². The third-order valence-corrected chi connectivity index (χ3v) is 3.20. The number of amides is 1. The molecule has 2 aromatic rings. The van der Waals surface area contributed by atoms with Gasteiger partial charge in [0, 0.05) is 6.04 Å². The molecular weight excluding hydrogens is 299 g/mol. The standard InChI is InChI=1S/C13H14ClFN4O2/c1-7(6-20)16-13(21)12-8(2)19(18-17-12)9-3-4-11(15)10(14)5-9/h3-5,7,20H,6H2,1-2H3,(H,16,21). The molecule has 0 aliphatic rings. The SMILES string of the molecule is Cc1c(C(=O)NC(C)CO)nnn1-c1ccc(F)c(Cl)c1. The Kier molecular flexibility index (Phi) is 4.54. The van der Waals surface area contributed by atoms with E-state index in [-0.39, 0.29) is 23.4 Å². The summed E-state index contributed by atoms with van der Waals surface area (Å²) < 4.78 is 14.6. The van der Waals surface area contributed by atoms with E-state index in [0.29, 0.717) is 11.4 Å². The first-order valence-corrected chi connectivity index (χ1v) is 6.61. The molecule has 6 nitrogen and oxygen atoms in total. The van der Waals surface area contributed by atoms with Crippen molar-refractivity contribution in [1.29, 1.82) is 0 Å². The zero-order valence-corrected chi connectivity index (χ0v) is 12.2. The third kappa shape index (κ3) is 3.20. The third-order valence-electron chi connectivity index (χ3n) is 2.91. The van der Waals surface area contributed by atoms with Crippen LogP contribution in [0.5, 0.6) is 0 Å². The van der Waals surface area contributed by atoms with Gasteiger partial charge in [0.2, 0.25) is 0 Å². The lowest BCUT2D eigenvalue weighted by molar-refractivity contribution is 0.0916. The van der Waals surface area contributed by atoms with Gasteiger partial charge in [0.05, 0.1) is 23.0 Å². The second-order valence-corrected chi connectivity index (χ2v) is 5.00. The van der Waals surface area contributed by atoms with E-state index in [4.69, 9.17) is 16.7 Å². The van der Waals surface area contributed by atoms with Crippen LogP contribution >= 0.6 is 11.6 Å². The van der Waals surface area contributed by atoms with Gasteiger partial charge in [-0.2, -0.15) is 0 Å². The number of carbonyl (C=O) groups excluding carboxylic acids is 1. The van der Waals surface area contributed by atoms with Crippen molar-refractivity contribution >= 4 is 17.5 Å². The number of nitrogens with one attached hydrogen (secondary N) is 1. The molecule has 1 unspecified atom stereocenters. The highest BCUT2D eigenvalue weighted by molar-refractivity contribution is 6.30. The van der Waals surface area contributed by atoms with Gasteiger partial charge < -0.3 is 10.4 Å².